The first-order chi connectivity index (χ1) is 12.2. The van der Waals surface area contributed by atoms with Crippen molar-refractivity contribution < 1.29 is 18.4 Å². The Labute approximate surface area is 145 Å². The molecule has 4 rings (SSSR count). The lowest BCUT2D eigenvalue weighted by Crippen LogP contribution is -2.42. The van der Waals surface area contributed by atoms with Crippen molar-refractivity contribution in [2.75, 3.05) is 26.3 Å². The Hall–Kier alpha value is -2.28. The van der Waals surface area contributed by atoms with E-state index in [4.69, 9.17) is 9.26 Å². The van der Waals surface area contributed by atoms with Crippen LogP contribution in [0.25, 0.3) is 11.4 Å². The molecule has 3 heterocycles. The Bertz CT molecular complexity index is 758. The molecular weight excluding hydrogens is 325 g/mol. The number of amides is 1. The zero-order valence-corrected chi connectivity index (χ0v) is 13.9. The maximum atomic E-state index is 13.4. The van der Waals surface area contributed by atoms with Gasteiger partial charge in [-0.25, -0.2) is 4.39 Å². The highest BCUT2D eigenvalue weighted by atomic mass is 19.1. The molecule has 2 fully saturated rings. The van der Waals surface area contributed by atoms with Gasteiger partial charge in [-0.05, 0) is 31.4 Å². The molecule has 0 bridgehead atoms. The summed E-state index contributed by atoms with van der Waals surface area (Å²) in [6, 6.07) is 6.12. The molecule has 0 N–H and O–H groups in total. The van der Waals surface area contributed by atoms with Crippen molar-refractivity contribution >= 4 is 5.91 Å². The number of hydrogen-bond acceptors (Lipinski definition) is 5. The molecular formula is C18H20FN3O3. The number of carbonyl (C=O) groups excluding carboxylic acids is 1. The van der Waals surface area contributed by atoms with Crippen molar-refractivity contribution in [2.45, 2.75) is 25.2 Å². The van der Waals surface area contributed by atoms with Crippen molar-refractivity contribution in [1.82, 2.24) is 15.0 Å². The minimum atomic E-state index is -0.336. The second-order valence-corrected chi connectivity index (χ2v) is 6.65. The molecule has 0 radical (unpaired) electrons. The van der Waals surface area contributed by atoms with E-state index in [1.807, 2.05) is 4.90 Å². The van der Waals surface area contributed by atoms with Crippen LogP contribution in [0.1, 0.15) is 31.1 Å². The maximum Gasteiger partial charge on any atom is 0.231 e. The molecule has 0 saturated carbocycles. The lowest BCUT2D eigenvalue weighted by atomic mass is 9.96. The number of carbonyl (C=O) groups is 1. The van der Waals surface area contributed by atoms with Crippen molar-refractivity contribution in [1.29, 1.82) is 0 Å². The molecule has 2 aromatic rings. The number of rotatable bonds is 3. The van der Waals surface area contributed by atoms with E-state index < -0.39 is 0 Å². The highest BCUT2D eigenvalue weighted by molar-refractivity contribution is 5.79. The zero-order valence-electron chi connectivity index (χ0n) is 13.9. The van der Waals surface area contributed by atoms with Gasteiger partial charge in [0.25, 0.3) is 0 Å². The van der Waals surface area contributed by atoms with Crippen molar-refractivity contribution in [3.8, 4) is 11.4 Å². The van der Waals surface area contributed by atoms with Crippen molar-refractivity contribution in [3.05, 3.63) is 36.0 Å². The molecule has 1 aromatic carbocycles. The third-order valence-corrected chi connectivity index (χ3v) is 4.89. The monoisotopic (exact) mass is 345 g/mol. The van der Waals surface area contributed by atoms with Crippen LogP contribution in [-0.4, -0.2) is 47.3 Å². The van der Waals surface area contributed by atoms with E-state index in [2.05, 4.69) is 10.1 Å². The first-order valence-corrected chi connectivity index (χ1v) is 8.67. The van der Waals surface area contributed by atoms with E-state index in [0.717, 1.165) is 25.8 Å². The minimum Gasteiger partial charge on any atom is -0.381 e. The lowest BCUT2D eigenvalue weighted by Gasteiger charge is -2.32. The number of nitrogens with zero attached hydrogens (tertiary/aromatic N) is 3. The fourth-order valence-corrected chi connectivity index (χ4v) is 3.51. The van der Waals surface area contributed by atoms with Crippen LogP contribution in [0.2, 0.25) is 0 Å². The van der Waals surface area contributed by atoms with Gasteiger partial charge < -0.3 is 14.2 Å². The molecule has 132 valence electrons. The van der Waals surface area contributed by atoms with Gasteiger partial charge >= 0.3 is 0 Å². The van der Waals surface area contributed by atoms with Gasteiger partial charge in [0.05, 0.1) is 18.4 Å². The minimum absolute atomic E-state index is 0.0230. The van der Waals surface area contributed by atoms with E-state index in [9.17, 15) is 9.18 Å². The van der Waals surface area contributed by atoms with Gasteiger partial charge in [-0.2, -0.15) is 4.98 Å². The molecule has 7 heteroatoms. The molecule has 0 spiro atoms. The molecule has 2 atom stereocenters. The second kappa shape index (κ2) is 6.92. The molecule has 25 heavy (non-hydrogen) atoms. The molecule has 2 aliphatic heterocycles. The van der Waals surface area contributed by atoms with Crippen LogP contribution in [0, 0.1) is 11.7 Å². The Kier molecular flexibility index (Phi) is 4.48. The summed E-state index contributed by atoms with van der Waals surface area (Å²) in [7, 11) is 0. The van der Waals surface area contributed by atoms with Gasteiger partial charge in [-0.15, -0.1) is 0 Å². The first-order valence-electron chi connectivity index (χ1n) is 8.67. The average molecular weight is 345 g/mol. The van der Waals surface area contributed by atoms with E-state index in [-0.39, 0.29) is 23.6 Å². The standard InChI is InChI=1S/C18H20FN3O3/c19-15-5-1-3-12(9-15)16-20-17(25-21-16)13-4-2-7-22(10-13)18(23)14-6-8-24-11-14/h1,3,5,9,13-14H,2,4,6-8,10-11H2/t13-,14-/m1/s1. The van der Waals surface area contributed by atoms with Gasteiger partial charge in [0.1, 0.15) is 5.82 Å². The number of likely N-dealkylation sites (tertiary alicyclic amines) is 1. The highest BCUT2D eigenvalue weighted by Gasteiger charge is 2.33. The molecule has 2 aliphatic rings. The molecule has 2 saturated heterocycles. The zero-order chi connectivity index (χ0) is 17.2. The van der Waals surface area contributed by atoms with E-state index in [0.29, 0.717) is 37.0 Å². The number of hydrogen-bond donors (Lipinski definition) is 0. The molecule has 1 aromatic heterocycles. The summed E-state index contributed by atoms with van der Waals surface area (Å²) in [4.78, 5) is 18.9. The maximum absolute atomic E-state index is 13.4. The first kappa shape index (κ1) is 16.2. The summed E-state index contributed by atoms with van der Waals surface area (Å²) >= 11 is 0. The fourth-order valence-electron chi connectivity index (χ4n) is 3.51. The van der Waals surface area contributed by atoms with Gasteiger partial charge in [0.2, 0.25) is 17.6 Å². The number of aromatic nitrogens is 2. The van der Waals surface area contributed by atoms with Crippen LogP contribution in [-0.2, 0) is 9.53 Å². The normalized spacial score (nSPS) is 23.8. The predicted octanol–water partition coefficient (Wildman–Crippen LogP) is 2.62. The van der Waals surface area contributed by atoms with E-state index in [1.54, 1.807) is 12.1 Å². The number of piperidine rings is 1. The summed E-state index contributed by atoms with van der Waals surface area (Å²) in [5, 5.41) is 3.97. The van der Waals surface area contributed by atoms with E-state index >= 15 is 0 Å². The SMILES string of the molecule is O=C([C@@H]1CCOC1)N1CCC[C@@H](c2nc(-c3cccc(F)c3)no2)C1. The Morgan fingerprint density at radius 3 is 3.04 bits per heavy atom. The summed E-state index contributed by atoms with van der Waals surface area (Å²) in [6.07, 6.45) is 2.60. The van der Waals surface area contributed by atoms with Crippen LogP contribution in [0.15, 0.2) is 28.8 Å². The quantitative estimate of drug-likeness (QED) is 0.855. The van der Waals surface area contributed by atoms with Crippen LogP contribution in [0.3, 0.4) is 0 Å². The predicted molar refractivity (Wildman–Crippen MR) is 87.2 cm³/mol. The number of ether oxygens (including phenoxy) is 1. The second-order valence-electron chi connectivity index (χ2n) is 6.65. The van der Waals surface area contributed by atoms with Crippen LogP contribution in [0.5, 0.6) is 0 Å². The number of benzene rings is 1. The van der Waals surface area contributed by atoms with Gasteiger partial charge in [0, 0.05) is 25.3 Å². The van der Waals surface area contributed by atoms with Crippen LogP contribution >= 0.6 is 0 Å². The third kappa shape index (κ3) is 3.42. The lowest BCUT2D eigenvalue weighted by molar-refractivity contribution is -0.136. The van der Waals surface area contributed by atoms with E-state index in [1.165, 1.54) is 12.1 Å². The van der Waals surface area contributed by atoms with Gasteiger partial charge in [-0.1, -0.05) is 17.3 Å². The summed E-state index contributed by atoms with van der Waals surface area (Å²) in [5.74, 6) is 0.713. The third-order valence-electron chi connectivity index (χ3n) is 4.89. The van der Waals surface area contributed by atoms with Crippen LogP contribution < -0.4 is 0 Å². The van der Waals surface area contributed by atoms with Crippen LogP contribution in [0.4, 0.5) is 4.39 Å². The fraction of sp³-hybridized carbons (Fsp3) is 0.500. The summed E-state index contributed by atoms with van der Waals surface area (Å²) in [6.45, 7) is 2.52. The largest absolute Gasteiger partial charge is 0.381 e. The molecule has 0 unspecified atom stereocenters. The smallest absolute Gasteiger partial charge is 0.231 e. The molecule has 1 amide bonds. The number of halogens is 1. The Morgan fingerprint density at radius 2 is 2.24 bits per heavy atom. The Balaban J connectivity index is 1.47. The van der Waals surface area contributed by atoms with Gasteiger partial charge in [-0.3, -0.25) is 4.79 Å². The Morgan fingerprint density at radius 1 is 1.32 bits per heavy atom. The summed E-state index contributed by atoms with van der Waals surface area (Å²) in [5.41, 5.74) is 0.585. The van der Waals surface area contributed by atoms with Crippen molar-refractivity contribution in [3.63, 3.8) is 0 Å². The van der Waals surface area contributed by atoms with Gasteiger partial charge in [0.15, 0.2) is 0 Å². The topological polar surface area (TPSA) is 68.5 Å². The molecule has 6 nitrogen and oxygen atoms in total. The highest BCUT2D eigenvalue weighted by Crippen LogP contribution is 2.29. The summed E-state index contributed by atoms with van der Waals surface area (Å²) < 4.78 is 24.1. The average Bonchev–Trinajstić information content (AvgIpc) is 3.33. The van der Waals surface area contributed by atoms with Crippen molar-refractivity contribution in [2.24, 2.45) is 5.92 Å². The molecule has 0 aliphatic carbocycles.